The Morgan fingerprint density at radius 1 is 1.20 bits per heavy atom. The van der Waals surface area contributed by atoms with Crippen LogP contribution in [0.3, 0.4) is 0 Å². The number of aliphatic imine (C=N–C) groups is 2. The van der Waals surface area contributed by atoms with Crippen LogP contribution in [0.4, 0.5) is 0 Å². The highest BCUT2D eigenvalue weighted by molar-refractivity contribution is 7.89. The third-order valence-corrected chi connectivity index (χ3v) is 6.26. The molecule has 0 unspecified atom stereocenters. The van der Waals surface area contributed by atoms with Gasteiger partial charge in [0.05, 0.1) is 10.6 Å². The molecule has 2 aliphatic rings. The molecule has 0 spiro atoms. The zero-order valence-corrected chi connectivity index (χ0v) is 15.9. The molecule has 0 aliphatic carbocycles. The van der Waals surface area contributed by atoms with E-state index < -0.39 is 10.0 Å². The lowest BCUT2D eigenvalue weighted by Gasteiger charge is -2.40. The molecule has 136 valence electrons. The molecule has 0 atom stereocenters. The quantitative estimate of drug-likeness (QED) is 0.891. The monoisotopic (exact) mass is 362 g/mol. The lowest BCUT2D eigenvalue weighted by molar-refractivity contribution is 0.100. The van der Waals surface area contributed by atoms with Crippen molar-refractivity contribution >= 4 is 21.9 Å². The van der Waals surface area contributed by atoms with E-state index in [0.717, 1.165) is 37.2 Å². The molecular formula is C18H26N4O2S. The average Bonchev–Trinajstić information content (AvgIpc) is 3.09. The van der Waals surface area contributed by atoms with Gasteiger partial charge in [0.1, 0.15) is 6.67 Å². The third kappa shape index (κ3) is 4.34. The number of piperidine rings is 1. The van der Waals surface area contributed by atoms with E-state index in [0.29, 0.717) is 6.67 Å². The minimum absolute atomic E-state index is 0.0161. The molecule has 3 rings (SSSR count). The van der Waals surface area contributed by atoms with Crippen LogP contribution in [0.1, 0.15) is 39.2 Å². The van der Waals surface area contributed by atoms with Gasteiger partial charge in [-0.2, -0.15) is 0 Å². The maximum absolute atomic E-state index is 12.7. The lowest BCUT2D eigenvalue weighted by atomic mass is 9.99. The van der Waals surface area contributed by atoms with Gasteiger partial charge in [0.2, 0.25) is 10.0 Å². The Bertz CT molecular complexity index is 786. The molecule has 0 aromatic heterocycles. The Labute approximate surface area is 150 Å². The number of hydrogen-bond acceptors (Lipinski definition) is 5. The van der Waals surface area contributed by atoms with Gasteiger partial charge in [-0.05, 0) is 45.7 Å². The first kappa shape index (κ1) is 18.2. The number of hydrogen-bond donors (Lipinski definition) is 1. The second-order valence-electron chi connectivity index (χ2n) is 7.58. The molecule has 2 heterocycles. The highest BCUT2D eigenvalue weighted by atomic mass is 32.2. The number of benzene rings is 1. The Morgan fingerprint density at radius 3 is 2.52 bits per heavy atom. The molecule has 25 heavy (non-hydrogen) atoms. The molecule has 1 fully saturated rings. The predicted octanol–water partition coefficient (Wildman–Crippen LogP) is 2.06. The van der Waals surface area contributed by atoms with E-state index in [1.165, 1.54) is 0 Å². The van der Waals surface area contributed by atoms with Crippen LogP contribution in [0.25, 0.3) is 0 Å². The van der Waals surface area contributed by atoms with Crippen molar-refractivity contribution < 1.29 is 8.42 Å². The number of nitrogens with one attached hydrogen (secondary N) is 1. The van der Waals surface area contributed by atoms with Crippen LogP contribution in [0.5, 0.6) is 0 Å². The van der Waals surface area contributed by atoms with Crippen LogP contribution >= 0.6 is 0 Å². The molecule has 1 N–H and O–H groups in total. The fourth-order valence-corrected chi connectivity index (χ4v) is 4.58. The van der Waals surface area contributed by atoms with Crippen molar-refractivity contribution in [3.05, 3.63) is 29.8 Å². The topological polar surface area (TPSA) is 74.1 Å². The molecule has 1 saturated heterocycles. The van der Waals surface area contributed by atoms with Gasteiger partial charge in [0.15, 0.2) is 0 Å². The van der Waals surface area contributed by atoms with Gasteiger partial charge in [-0.25, -0.2) is 13.1 Å². The van der Waals surface area contributed by atoms with Gasteiger partial charge < -0.3 is 0 Å². The molecule has 6 nitrogen and oxygen atoms in total. The van der Waals surface area contributed by atoms with Gasteiger partial charge in [0.25, 0.3) is 0 Å². The van der Waals surface area contributed by atoms with E-state index in [2.05, 4.69) is 40.4 Å². The van der Waals surface area contributed by atoms with Crippen molar-refractivity contribution in [1.82, 2.24) is 9.62 Å². The van der Waals surface area contributed by atoms with Gasteiger partial charge in [-0.3, -0.25) is 14.9 Å². The van der Waals surface area contributed by atoms with Crippen LogP contribution in [0.2, 0.25) is 0 Å². The Morgan fingerprint density at radius 2 is 1.92 bits per heavy atom. The molecular weight excluding hydrogens is 336 g/mol. The average molecular weight is 362 g/mol. The van der Waals surface area contributed by atoms with E-state index in [1.807, 2.05) is 6.07 Å². The SMILES string of the molecule is CC(C)(C)N1CCC(NS(=O)(=O)c2cccc(C3=NCN=C3)c2)CC1. The number of likely N-dealkylation sites (tertiary alicyclic amines) is 1. The van der Waals surface area contributed by atoms with E-state index in [-0.39, 0.29) is 16.5 Å². The Hall–Kier alpha value is -1.57. The summed E-state index contributed by atoms with van der Waals surface area (Å²) >= 11 is 0. The molecule has 0 bridgehead atoms. The van der Waals surface area contributed by atoms with Crippen molar-refractivity contribution in [2.75, 3.05) is 19.8 Å². The van der Waals surface area contributed by atoms with Gasteiger partial charge in [-0.1, -0.05) is 12.1 Å². The van der Waals surface area contributed by atoms with Crippen molar-refractivity contribution in [2.45, 2.75) is 50.1 Å². The molecule has 0 radical (unpaired) electrons. The summed E-state index contributed by atoms with van der Waals surface area (Å²) in [6.07, 6.45) is 3.34. The minimum Gasteiger partial charge on any atom is -0.298 e. The van der Waals surface area contributed by atoms with Crippen LogP contribution < -0.4 is 4.72 Å². The first-order chi connectivity index (χ1) is 11.8. The number of rotatable bonds is 4. The zero-order chi connectivity index (χ0) is 18.1. The summed E-state index contributed by atoms with van der Waals surface area (Å²) in [5.74, 6) is 0. The largest absolute Gasteiger partial charge is 0.298 e. The fourth-order valence-electron chi connectivity index (χ4n) is 3.23. The van der Waals surface area contributed by atoms with Gasteiger partial charge >= 0.3 is 0 Å². The van der Waals surface area contributed by atoms with Crippen molar-refractivity contribution in [1.29, 1.82) is 0 Å². The van der Waals surface area contributed by atoms with Crippen molar-refractivity contribution in [3.8, 4) is 0 Å². The van der Waals surface area contributed by atoms with Crippen molar-refractivity contribution in [2.24, 2.45) is 9.98 Å². The van der Waals surface area contributed by atoms with E-state index in [9.17, 15) is 8.42 Å². The zero-order valence-electron chi connectivity index (χ0n) is 15.1. The highest BCUT2D eigenvalue weighted by Crippen LogP contribution is 2.22. The van der Waals surface area contributed by atoms with Crippen LogP contribution in [0, 0.1) is 0 Å². The molecule has 1 aromatic carbocycles. The maximum atomic E-state index is 12.7. The fraction of sp³-hybridized carbons (Fsp3) is 0.556. The lowest BCUT2D eigenvalue weighted by Crippen LogP contribution is -2.50. The Balaban J connectivity index is 1.69. The molecule has 1 aromatic rings. The standard InChI is InChI=1S/C18H26N4O2S/c1-18(2,3)22-9-7-15(8-10-22)21-25(23,24)16-6-4-5-14(11-16)17-12-19-13-20-17/h4-6,11-12,15,21H,7-10,13H2,1-3H3. The van der Waals surface area contributed by atoms with Crippen LogP contribution in [-0.4, -0.2) is 56.6 Å². The number of sulfonamides is 1. The maximum Gasteiger partial charge on any atom is 0.240 e. The summed E-state index contributed by atoms with van der Waals surface area (Å²) in [4.78, 5) is 11.0. The smallest absolute Gasteiger partial charge is 0.240 e. The minimum atomic E-state index is -3.53. The summed E-state index contributed by atoms with van der Waals surface area (Å²) in [6, 6.07) is 6.89. The number of nitrogens with zero attached hydrogens (tertiary/aromatic N) is 3. The predicted molar refractivity (Wildman–Crippen MR) is 101 cm³/mol. The third-order valence-electron chi connectivity index (χ3n) is 4.74. The molecule has 0 amide bonds. The Kier molecular flexibility index (Phi) is 5.09. The summed E-state index contributed by atoms with van der Waals surface area (Å²) in [5.41, 5.74) is 1.64. The summed E-state index contributed by atoms with van der Waals surface area (Å²) in [6.45, 7) is 8.80. The van der Waals surface area contributed by atoms with E-state index in [4.69, 9.17) is 0 Å². The van der Waals surface area contributed by atoms with Crippen LogP contribution in [-0.2, 0) is 10.0 Å². The van der Waals surface area contributed by atoms with Gasteiger partial charge in [0, 0.05) is 36.4 Å². The normalized spacial score (nSPS) is 20.0. The molecule has 2 aliphatic heterocycles. The molecule has 0 saturated carbocycles. The first-order valence-electron chi connectivity index (χ1n) is 8.68. The second-order valence-corrected chi connectivity index (χ2v) is 9.29. The van der Waals surface area contributed by atoms with E-state index in [1.54, 1.807) is 24.4 Å². The summed E-state index contributed by atoms with van der Waals surface area (Å²) < 4.78 is 28.4. The van der Waals surface area contributed by atoms with Crippen molar-refractivity contribution in [3.63, 3.8) is 0 Å². The van der Waals surface area contributed by atoms with Gasteiger partial charge in [-0.15, -0.1) is 0 Å². The summed E-state index contributed by atoms with van der Waals surface area (Å²) in [7, 11) is -3.53. The first-order valence-corrected chi connectivity index (χ1v) is 10.2. The molecule has 7 heteroatoms. The summed E-state index contributed by atoms with van der Waals surface area (Å²) in [5, 5.41) is 0. The van der Waals surface area contributed by atoms with Crippen LogP contribution in [0.15, 0.2) is 39.1 Å². The second kappa shape index (κ2) is 6.97. The highest BCUT2D eigenvalue weighted by Gasteiger charge is 2.29. The van der Waals surface area contributed by atoms with E-state index >= 15 is 0 Å².